The van der Waals surface area contributed by atoms with Gasteiger partial charge in [-0.15, -0.1) is 0 Å². The highest BCUT2D eigenvalue weighted by atomic mass is 15.0. The third kappa shape index (κ3) is 3.78. The molecule has 32 heavy (non-hydrogen) atoms. The number of aryl methyl sites for hydroxylation is 2. The molecule has 0 amide bonds. The van der Waals surface area contributed by atoms with Gasteiger partial charge in [-0.3, -0.25) is 0 Å². The minimum atomic E-state index is 0.669. The van der Waals surface area contributed by atoms with Crippen LogP contribution in [0.3, 0.4) is 0 Å². The molecule has 0 saturated heterocycles. The van der Waals surface area contributed by atoms with E-state index in [1.807, 2.05) is 0 Å². The SMILES string of the molecule is Cc1ccc(-c2ccc(CC(C)C)cc2)cc1-c1nc2ccc3ccccc3c2c[n+]1C. The molecule has 5 aromatic rings. The van der Waals surface area contributed by atoms with Crippen LogP contribution in [0.25, 0.3) is 44.2 Å². The number of benzene rings is 4. The molecule has 0 saturated carbocycles. The van der Waals surface area contributed by atoms with Crippen LogP contribution in [0.2, 0.25) is 0 Å². The second-order valence-corrected chi connectivity index (χ2v) is 9.22. The summed E-state index contributed by atoms with van der Waals surface area (Å²) in [6.45, 7) is 6.69. The summed E-state index contributed by atoms with van der Waals surface area (Å²) in [6, 6.07) is 28.5. The van der Waals surface area contributed by atoms with E-state index in [4.69, 9.17) is 4.98 Å². The van der Waals surface area contributed by atoms with Crippen molar-refractivity contribution in [2.75, 3.05) is 0 Å². The highest BCUT2D eigenvalue weighted by Gasteiger charge is 2.19. The quantitative estimate of drug-likeness (QED) is 0.226. The molecule has 2 heteroatoms. The van der Waals surface area contributed by atoms with E-state index in [2.05, 4.69) is 117 Å². The van der Waals surface area contributed by atoms with Crippen molar-refractivity contribution in [2.45, 2.75) is 27.2 Å². The first-order valence-corrected chi connectivity index (χ1v) is 11.4. The Labute approximate surface area is 190 Å². The molecule has 0 spiro atoms. The van der Waals surface area contributed by atoms with Gasteiger partial charge in [0.2, 0.25) is 0 Å². The molecule has 0 N–H and O–H groups in total. The molecule has 158 valence electrons. The van der Waals surface area contributed by atoms with Gasteiger partial charge in [0.25, 0.3) is 0 Å². The molecule has 0 radical (unpaired) electrons. The van der Waals surface area contributed by atoms with Crippen LogP contribution in [0.4, 0.5) is 0 Å². The zero-order chi connectivity index (χ0) is 22.2. The van der Waals surface area contributed by atoms with Crippen LogP contribution >= 0.6 is 0 Å². The van der Waals surface area contributed by atoms with Gasteiger partial charge in [-0.25, -0.2) is 4.57 Å². The molecule has 1 heterocycles. The highest BCUT2D eigenvalue weighted by molar-refractivity contribution is 6.05. The Kier molecular flexibility index (Phi) is 5.22. The molecule has 0 unspecified atom stereocenters. The van der Waals surface area contributed by atoms with E-state index in [0.29, 0.717) is 5.92 Å². The largest absolute Gasteiger partial charge is 0.331 e. The molecule has 0 fully saturated rings. The van der Waals surface area contributed by atoms with E-state index in [1.54, 1.807) is 0 Å². The van der Waals surface area contributed by atoms with Crippen molar-refractivity contribution in [3.8, 4) is 22.5 Å². The molecule has 0 aliphatic carbocycles. The van der Waals surface area contributed by atoms with Crippen molar-refractivity contribution >= 4 is 21.7 Å². The average molecular weight is 418 g/mol. The molecule has 0 bridgehead atoms. The fraction of sp³-hybridized carbons (Fsp3) is 0.200. The highest BCUT2D eigenvalue weighted by Crippen LogP contribution is 2.29. The maximum atomic E-state index is 5.10. The lowest BCUT2D eigenvalue weighted by atomic mass is 9.96. The average Bonchev–Trinajstić information content (AvgIpc) is 2.79. The minimum Gasteiger partial charge on any atom is -0.232 e. The molecule has 5 rings (SSSR count). The fourth-order valence-corrected chi connectivity index (χ4v) is 4.56. The van der Waals surface area contributed by atoms with Crippen LogP contribution in [-0.4, -0.2) is 4.98 Å². The number of rotatable bonds is 4. The summed E-state index contributed by atoms with van der Waals surface area (Å²) in [4.78, 5) is 5.10. The van der Waals surface area contributed by atoms with Crippen LogP contribution in [0.1, 0.15) is 25.0 Å². The number of fused-ring (bicyclic) bond motifs is 3. The molecule has 0 aliphatic rings. The van der Waals surface area contributed by atoms with Gasteiger partial charge in [0.05, 0.1) is 18.0 Å². The van der Waals surface area contributed by atoms with Gasteiger partial charge in [0.15, 0.2) is 5.52 Å². The van der Waals surface area contributed by atoms with E-state index in [1.165, 1.54) is 44.0 Å². The predicted octanol–water partition coefficient (Wildman–Crippen LogP) is 7.05. The van der Waals surface area contributed by atoms with Gasteiger partial charge in [-0.05, 0) is 75.5 Å². The molecular weight excluding hydrogens is 388 g/mol. The first-order chi connectivity index (χ1) is 15.5. The molecule has 1 aromatic heterocycles. The van der Waals surface area contributed by atoms with Crippen molar-refractivity contribution < 1.29 is 4.57 Å². The topological polar surface area (TPSA) is 16.8 Å². The number of hydrogen-bond acceptors (Lipinski definition) is 1. The van der Waals surface area contributed by atoms with Crippen molar-refractivity contribution in [3.63, 3.8) is 0 Å². The van der Waals surface area contributed by atoms with Crippen molar-refractivity contribution in [1.29, 1.82) is 0 Å². The van der Waals surface area contributed by atoms with Crippen LogP contribution in [0.15, 0.2) is 85.1 Å². The normalized spacial score (nSPS) is 11.5. The summed E-state index contributed by atoms with van der Waals surface area (Å²) in [5, 5.41) is 3.67. The molecule has 0 aliphatic heterocycles. The minimum absolute atomic E-state index is 0.669. The van der Waals surface area contributed by atoms with Crippen LogP contribution in [0.5, 0.6) is 0 Å². The van der Waals surface area contributed by atoms with Gasteiger partial charge in [-0.1, -0.05) is 74.5 Å². The standard InChI is InChI=1S/C30H29N2/c1-20(2)17-22-10-13-23(14-11-22)25-12-9-21(3)27(18-25)30-31-29-16-15-24-7-5-6-8-26(24)28(29)19-32(30)4/h5-16,18-20H,17H2,1-4H3/q+1. The van der Waals surface area contributed by atoms with Crippen molar-refractivity contribution in [3.05, 3.63) is 96.2 Å². The molecule has 4 aromatic carbocycles. The van der Waals surface area contributed by atoms with E-state index >= 15 is 0 Å². The first-order valence-electron chi connectivity index (χ1n) is 11.4. The molecule has 0 atom stereocenters. The maximum absolute atomic E-state index is 5.10. The van der Waals surface area contributed by atoms with Gasteiger partial charge in [0.1, 0.15) is 6.20 Å². The predicted molar refractivity (Wildman–Crippen MR) is 135 cm³/mol. The van der Waals surface area contributed by atoms with Gasteiger partial charge >= 0.3 is 5.82 Å². The lowest BCUT2D eigenvalue weighted by Crippen LogP contribution is -2.32. The zero-order valence-electron chi connectivity index (χ0n) is 19.3. The Morgan fingerprint density at radius 3 is 2.34 bits per heavy atom. The van der Waals surface area contributed by atoms with E-state index < -0.39 is 0 Å². The van der Waals surface area contributed by atoms with E-state index in [-0.39, 0.29) is 0 Å². The smallest absolute Gasteiger partial charge is 0.232 e. The Morgan fingerprint density at radius 1 is 0.812 bits per heavy atom. The van der Waals surface area contributed by atoms with Crippen LogP contribution in [0, 0.1) is 12.8 Å². The fourth-order valence-electron chi connectivity index (χ4n) is 4.56. The summed E-state index contributed by atoms with van der Waals surface area (Å²) in [5.74, 6) is 1.66. The lowest BCUT2D eigenvalue weighted by Gasteiger charge is -2.10. The summed E-state index contributed by atoms with van der Waals surface area (Å²) in [7, 11) is 2.09. The monoisotopic (exact) mass is 417 g/mol. The second kappa shape index (κ2) is 8.20. The molecular formula is C30H29N2+. The van der Waals surface area contributed by atoms with Gasteiger partial charge < -0.3 is 0 Å². The summed E-state index contributed by atoms with van der Waals surface area (Å²) in [5.41, 5.74) is 7.29. The Bertz CT molecular complexity index is 1430. The number of nitrogens with zero attached hydrogens (tertiary/aromatic N) is 2. The Morgan fingerprint density at radius 2 is 1.56 bits per heavy atom. The zero-order valence-corrected chi connectivity index (χ0v) is 19.3. The summed E-state index contributed by atoms with van der Waals surface area (Å²) >= 11 is 0. The Hall–Kier alpha value is -3.52. The Balaban J connectivity index is 1.60. The first kappa shape index (κ1) is 20.4. The van der Waals surface area contributed by atoms with Crippen molar-refractivity contribution in [2.24, 2.45) is 13.0 Å². The third-order valence-corrected chi connectivity index (χ3v) is 6.24. The molecule has 2 nitrogen and oxygen atoms in total. The van der Waals surface area contributed by atoms with E-state index in [9.17, 15) is 0 Å². The van der Waals surface area contributed by atoms with E-state index in [0.717, 1.165) is 17.8 Å². The summed E-state index contributed by atoms with van der Waals surface area (Å²) in [6.07, 6.45) is 3.33. The van der Waals surface area contributed by atoms with Gasteiger partial charge in [-0.2, -0.15) is 0 Å². The van der Waals surface area contributed by atoms with Crippen LogP contribution < -0.4 is 4.57 Å². The number of aromatic nitrogens is 2. The number of hydrogen-bond donors (Lipinski definition) is 0. The lowest BCUT2D eigenvalue weighted by molar-refractivity contribution is -0.661. The van der Waals surface area contributed by atoms with Crippen LogP contribution in [-0.2, 0) is 13.5 Å². The summed E-state index contributed by atoms with van der Waals surface area (Å²) < 4.78 is 2.16. The maximum Gasteiger partial charge on any atom is 0.331 e. The van der Waals surface area contributed by atoms with Crippen molar-refractivity contribution in [1.82, 2.24) is 4.98 Å². The third-order valence-electron chi connectivity index (χ3n) is 6.24. The second-order valence-electron chi connectivity index (χ2n) is 9.22. The van der Waals surface area contributed by atoms with Gasteiger partial charge in [0, 0.05) is 0 Å².